The van der Waals surface area contributed by atoms with Gasteiger partial charge in [0.1, 0.15) is 0 Å². The van der Waals surface area contributed by atoms with E-state index in [0.717, 1.165) is 28.6 Å². The molecule has 4 heteroatoms. The van der Waals surface area contributed by atoms with Gasteiger partial charge in [-0.15, -0.1) is 0 Å². The molecule has 114 valence electrons. The molecule has 1 amide bonds. The third kappa shape index (κ3) is 4.28. The third-order valence-electron chi connectivity index (χ3n) is 3.35. The van der Waals surface area contributed by atoms with E-state index in [0.29, 0.717) is 5.56 Å². The first-order valence-corrected chi connectivity index (χ1v) is 8.09. The first-order chi connectivity index (χ1) is 10.6. The van der Waals surface area contributed by atoms with E-state index >= 15 is 0 Å². The second-order valence-corrected chi connectivity index (χ2v) is 5.92. The van der Waals surface area contributed by atoms with E-state index in [-0.39, 0.29) is 5.91 Å². The van der Waals surface area contributed by atoms with Crippen LogP contribution in [0.3, 0.4) is 0 Å². The van der Waals surface area contributed by atoms with Gasteiger partial charge in [0.05, 0.1) is 11.3 Å². The van der Waals surface area contributed by atoms with Gasteiger partial charge in [0.25, 0.3) is 5.91 Å². The van der Waals surface area contributed by atoms with Gasteiger partial charge in [-0.3, -0.25) is 4.79 Å². The number of hydrazone groups is 1. The topological polar surface area (TPSA) is 41.5 Å². The standard InChI is InChI=1S/C18H19BrN2O/c1-3-6-14-9-11-15(12-10-14)13(2)20-21-18(22)16-7-4-5-8-17(16)19/h4-5,7-12H,3,6H2,1-2H3,(H,21,22)/b20-13+. The van der Waals surface area contributed by atoms with Crippen LogP contribution in [-0.2, 0) is 6.42 Å². The summed E-state index contributed by atoms with van der Waals surface area (Å²) in [6.07, 6.45) is 2.21. The minimum atomic E-state index is -0.227. The summed E-state index contributed by atoms with van der Waals surface area (Å²) in [6.45, 7) is 4.05. The van der Waals surface area contributed by atoms with Crippen LogP contribution in [0.15, 0.2) is 58.1 Å². The van der Waals surface area contributed by atoms with Crippen molar-refractivity contribution in [2.75, 3.05) is 0 Å². The highest BCUT2D eigenvalue weighted by Gasteiger charge is 2.08. The van der Waals surface area contributed by atoms with Gasteiger partial charge in [-0.2, -0.15) is 5.10 Å². The first kappa shape index (κ1) is 16.4. The average molecular weight is 359 g/mol. The fourth-order valence-corrected chi connectivity index (χ4v) is 2.57. The summed E-state index contributed by atoms with van der Waals surface area (Å²) in [6, 6.07) is 15.6. The second-order valence-electron chi connectivity index (χ2n) is 5.06. The molecule has 0 aliphatic heterocycles. The van der Waals surface area contributed by atoms with Gasteiger partial charge in [0.15, 0.2) is 0 Å². The van der Waals surface area contributed by atoms with Gasteiger partial charge in [-0.25, -0.2) is 5.43 Å². The molecule has 0 spiro atoms. The third-order valence-corrected chi connectivity index (χ3v) is 4.05. The van der Waals surface area contributed by atoms with E-state index in [2.05, 4.69) is 45.5 Å². The summed E-state index contributed by atoms with van der Waals surface area (Å²) < 4.78 is 0.754. The Morgan fingerprint density at radius 2 is 1.82 bits per heavy atom. The zero-order chi connectivity index (χ0) is 15.9. The second kappa shape index (κ2) is 7.90. The van der Waals surface area contributed by atoms with Gasteiger partial charge >= 0.3 is 0 Å². The Hall–Kier alpha value is -1.94. The quantitative estimate of drug-likeness (QED) is 0.617. The molecule has 0 radical (unpaired) electrons. The summed E-state index contributed by atoms with van der Waals surface area (Å²) in [7, 11) is 0. The van der Waals surface area contributed by atoms with E-state index < -0.39 is 0 Å². The van der Waals surface area contributed by atoms with Crippen molar-refractivity contribution in [3.05, 3.63) is 69.7 Å². The number of carbonyl (C=O) groups excluding carboxylic acids is 1. The van der Waals surface area contributed by atoms with Crippen molar-refractivity contribution in [2.24, 2.45) is 5.10 Å². The highest BCUT2D eigenvalue weighted by molar-refractivity contribution is 9.10. The van der Waals surface area contributed by atoms with Crippen molar-refractivity contribution in [1.82, 2.24) is 5.43 Å². The SMILES string of the molecule is CCCc1ccc(/C(C)=N/NC(=O)c2ccccc2Br)cc1. The Balaban J connectivity index is 2.06. The molecular formula is C18H19BrN2O. The van der Waals surface area contributed by atoms with Crippen molar-refractivity contribution < 1.29 is 4.79 Å². The number of carbonyl (C=O) groups is 1. The molecule has 2 aromatic rings. The lowest BCUT2D eigenvalue weighted by atomic mass is 10.1. The molecule has 2 aromatic carbocycles. The molecule has 0 bridgehead atoms. The summed E-state index contributed by atoms with van der Waals surface area (Å²) in [5.74, 6) is -0.227. The molecule has 1 N–H and O–H groups in total. The molecule has 22 heavy (non-hydrogen) atoms. The van der Waals surface area contributed by atoms with E-state index in [1.165, 1.54) is 5.56 Å². The molecule has 0 unspecified atom stereocenters. The lowest BCUT2D eigenvalue weighted by Gasteiger charge is -2.05. The fraction of sp³-hybridized carbons (Fsp3) is 0.222. The molecule has 0 saturated carbocycles. The van der Waals surface area contributed by atoms with E-state index in [1.807, 2.05) is 37.3 Å². The zero-order valence-corrected chi connectivity index (χ0v) is 14.4. The van der Waals surface area contributed by atoms with Crippen molar-refractivity contribution in [1.29, 1.82) is 0 Å². The summed E-state index contributed by atoms with van der Waals surface area (Å²) >= 11 is 3.36. The monoisotopic (exact) mass is 358 g/mol. The molecule has 0 aliphatic carbocycles. The molecule has 0 heterocycles. The van der Waals surface area contributed by atoms with E-state index in [9.17, 15) is 4.79 Å². The number of hydrogen-bond acceptors (Lipinski definition) is 2. The summed E-state index contributed by atoms with van der Waals surface area (Å²) in [4.78, 5) is 12.1. The van der Waals surface area contributed by atoms with Crippen LogP contribution in [0, 0.1) is 0 Å². The molecule has 2 rings (SSSR count). The highest BCUT2D eigenvalue weighted by atomic mass is 79.9. The maximum Gasteiger partial charge on any atom is 0.272 e. The summed E-state index contributed by atoms with van der Waals surface area (Å²) in [5, 5.41) is 4.18. The van der Waals surface area contributed by atoms with E-state index in [4.69, 9.17) is 0 Å². The highest BCUT2D eigenvalue weighted by Crippen LogP contribution is 2.15. The number of benzene rings is 2. The smallest absolute Gasteiger partial charge is 0.267 e. The van der Waals surface area contributed by atoms with Crippen LogP contribution in [0.2, 0.25) is 0 Å². The summed E-state index contributed by atoms with van der Waals surface area (Å²) in [5.41, 5.74) is 6.27. The Bertz CT molecular complexity index is 678. The molecule has 0 saturated heterocycles. The largest absolute Gasteiger partial charge is 0.272 e. The van der Waals surface area contributed by atoms with Crippen LogP contribution in [0.25, 0.3) is 0 Å². The molecular weight excluding hydrogens is 340 g/mol. The van der Waals surface area contributed by atoms with Gasteiger partial charge in [0.2, 0.25) is 0 Å². The number of rotatable bonds is 5. The number of amides is 1. The maximum absolute atomic E-state index is 12.1. The van der Waals surface area contributed by atoms with Gasteiger partial charge in [-0.05, 0) is 52.5 Å². The van der Waals surface area contributed by atoms with Crippen molar-refractivity contribution in [3.63, 3.8) is 0 Å². The molecule has 0 fully saturated rings. The van der Waals surface area contributed by atoms with Crippen LogP contribution in [0.1, 0.15) is 41.8 Å². The van der Waals surface area contributed by atoms with Crippen LogP contribution < -0.4 is 5.43 Å². The lowest BCUT2D eigenvalue weighted by Crippen LogP contribution is -2.19. The van der Waals surface area contributed by atoms with Crippen LogP contribution in [0.5, 0.6) is 0 Å². The van der Waals surface area contributed by atoms with Gasteiger partial charge in [-0.1, -0.05) is 49.7 Å². The predicted octanol–water partition coefficient (Wildman–Crippen LogP) is 4.56. The number of nitrogens with one attached hydrogen (secondary N) is 1. The number of hydrogen-bond donors (Lipinski definition) is 1. The van der Waals surface area contributed by atoms with Crippen molar-refractivity contribution in [3.8, 4) is 0 Å². The van der Waals surface area contributed by atoms with Crippen molar-refractivity contribution in [2.45, 2.75) is 26.7 Å². The number of nitrogens with zero attached hydrogens (tertiary/aromatic N) is 1. The maximum atomic E-state index is 12.1. The van der Waals surface area contributed by atoms with Crippen LogP contribution >= 0.6 is 15.9 Å². The normalized spacial score (nSPS) is 11.3. The lowest BCUT2D eigenvalue weighted by molar-refractivity contribution is 0.0954. The predicted molar refractivity (Wildman–Crippen MR) is 94.3 cm³/mol. The zero-order valence-electron chi connectivity index (χ0n) is 12.8. The number of aryl methyl sites for hydroxylation is 1. The molecule has 0 atom stereocenters. The number of halogens is 1. The van der Waals surface area contributed by atoms with Gasteiger partial charge in [0, 0.05) is 4.47 Å². The average Bonchev–Trinajstić information content (AvgIpc) is 2.54. The Labute approximate surface area is 139 Å². The van der Waals surface area contributed by atoms with Crippen LogP contribution in [-0.4, -0.2) is 11.6 Å². The first-order valence-electron chi connectivity index (χ1n) is 7.30. The Morgan fingerprint density at radius 3 is 2.45 bits per heavy atom. The molecule has 0 aliphatic rings. The van der Waals surface area contributed by atoms with Crippen LogP contribution in [0.4, 0.5) is 0 Å². The van der Waals surface area contributed by atoms with E-state index in [1.54, 1.807) is 6.07 Å². The van der Waals surface area contributed by atoms with Gasteiger partial charge < -0.3 is 0 Å². The molecule has 3 nitrogen and oxygen atoms in total. The minimum Gasteiger partial charge on any atom is -0.267 e. The Kier molecular flexibility index (Phi) is 5.90. The fourth-order valence-electron chi connectivity index (χ4n) is 2.11. The minimum absolute atomic E-state index is 0.227. The van der Waals surface area contributed by atoms with Crippen molar-refractivity contribution >= 4 is 27.5 Å². The molecule has 0 aromatic heterocycles. The Morgan fingerprint density at radius 1 is 1.14 bits per heavy atom.